The molecule has 0 aliphatic carbocycles. The molecule has 0 unspecified atom stereocenters. The molecule has 0 saturated carbocycles. The lowest BCUT2D eigenvalue weighted by Crippen LogP contribution is -2.13. The predicted molar refractivity (Wildman–Crippen MR) is 109 cm³/mol. The summed E-state index contributed by atoms with van der Waals surface area (Å²) in [5, 5.41) is 11.9. The van der Waals surface area contributed by atoms with Crippen LogP contribution in [-0.4, -0.2) is 23.0 Å². The zero-order valence-electron chi connectivity index (χ0n) is 15.6. The molecule has 2 aromatic carbocycles. The van der Waals surface area contributed by atoms with Gasteiger partial charge in [-0.05, 0) is 59.6 Å². The first-order valence-electron chi connectivity index (χ1n) is 8.51. The number of nitriles is 1. The molecule has 1 aromatic heterocycles. The highest BCUT2D eigenvalue weighted by atomic mass is 35.5. The average Bonchev–Trinajstić information content (AvgIpc) is 2.75. The Morgan fingerprint density at radius 1 is 1.23 bits per heavy atom. The van der Waals surface area contributed by atoms with Crippen molar-refractivity contribution in [1.82, 2.24) is 9.97 Å². The van der Waals surface area contributed by atoms with E-state index in [0.717, 1.165) is 6.20 Å². The second-order valence-corrected chi connectivity index (χ2v) is 6.16. The van der Waals surface area contributed by atoms with Gasteiger partial charge in [0.25, 0.3) is 11.8 Å². The van der Waals surface area contributed by atoms with Gasteiger partial charge in [-0.2, -0.15) is 14.6 Å². The van der Waals surface area contributed by atoms with Gasteiger partial charge in [0.05, 0.1) is 13.3 Å². The minimum atomic E-state index is -0.781. The molecule has 9 heteroatoms. The Labute approximate surface area is 176 Å². The molecule has 0 radical (unpaired) electrons. The number of rotatable bonds is 6. The van der Waals surface area contributed by atoms with Gasteiger partial charge >= 0.3 is 0 Å². The smallest absolute Gasteiger partial charge is 0.266 e. The molecule has 1 heterocycles. The number of nitrogens with one attached hydrogen (secondary N) is 1. The summed E-state index contributed by atoms with van der Waals surface area (Å²) in [5.74, 6) is -0.819. The van der Waals surface area contributed by atoms with E-state index in [2.05, 4.69) is 15.3 Å². The van der Waals surface area contributed by atoms with Gasteiger partial charge in [0.15, 0.2) is 0 Å². The molecule has 0 saturated heterocycles. The van der Waals surface area contributed by atoms with Crippen molar-refractivity contribution in [3.63, 3.8) is 0 Å². The number of hydrogen-bond acceptors (Lipinski definition) is 6. The maximum Gasteiger partial charge on any atom is 0.266 e. The highest BCUT2D eigenvalue weighted by Crippen LogP contribution is 2.24. The van der Waals surface area contributed by atoms with Crippen LogP contribution in [0.4, 0.5) is 10.1 Å². The van der Waals surface area contributed by atoms with Crippen LogP contribution >= 0.6 is 11.6 Å². The quantitative estimate of drug-likeness (QED) is 0.352. The van der Waals surface area contributed by atoms with E-state index in [1.54, 1.807) is 42.5 Å². The molecular weight excluding hydrogens is 411 g/mol. The van der Waals surface area contributed by atoms with Crippen LogP contribution in [0.3, 0.4) is 0 Å². The first-order valence-corrected chi connectivity index (χ1v) is 8.89. The van der Waals surface area contributed by atoms with Crippen molar-refractivity contribution >= 4 is 29.3 Å². The Balaban J connectivity index is 1.78. The summed E-state index contributed by atoms with van der Waals surface area (Å²) >= 11 is 5.65. The Kier molecular flexibility index (Phi) is 6.57. The molecule has 150 valence electrons. The lowest BCUT2D eigenvalue weighted by molar-refractivity contribution is -0.112. The Bertz CT molecular complexity index is 1140. The highest BCUT2D eigenvalue weighted by molar-refractivity contribution is 6.28. The summed E-state index contributed by atoms with van der Waals surface area (Å²) in [4.78, 5) is 19.6. The van der Waals surface area contributed by atoms with Crippen molar-refractivity contribution in [3.8, 4) is 23.4 Å². The number of anilines is 1. The van der Waals surface area contributed by atoms with Crippen LogP contribution < -0.4 is 14.8 Å². The molecule has 0 aliphatic heterocycles. The standard InChI is InChI=1S/C21H14ClFN4O3/c1-29-16-7-5-15(6-8-16)26-19(28)14(11-24)9-13-3-2-4-17(10-13)30-20-18(23)12-25-21(22)27-20/h2-10,12H,1H3,(H,26,28)/b14-9+. The average molecular weight is 425 g/mol. The number of ether oxygens (including phenoxy) is 2. The zero-order valence-corrected chi connectivity index (χ0v) is 16.4. The minimum absolute atomic E-state index is 0.126. The third-order valence-electron chi connectivity index (χ3n) is 3.78. The van der Waals surface area contributed by atoms with E-state index in [-0.39, 0.29) is 22.5 Å². The lowest BCUT2D eigenvalue weighted by atomic mass is 10.1. The monoisotopic (exact) mass is 424 g/mol. The fraction of sp³-hybridized carbons (Fsp3) is 0.0476. The molecule has 30 heavy (non-hydrogen) atoms. The summed E-state index contributed by atoms with van der Waals surface area (Å²) in [5.41, 5.74) is 0.879. The van der Waals surface area contributed by atoms with Crippen molar-refractivity contribution in [1.29, 1.82) is 5.26 Å². The van der Waals surface area contributed by atoms with Crippen LogP contribution in [0.2, 0.25) is 5.28 Å². The Morgan fingerprint density at radius 3 is 2.70 bits per heavy atom. The largest absolute Gasteiger partial charge is 0.497 e. The molecule has 7 nitrogen and oxygen atoms in total. The number of amides is 1. The first-order chi connectivity index (χ1) is 14.5. The van der Waals surface area contributed by atoms with Gasteiger partial charge in [0.2, 0.25) is 11.1 Å². The van der Waals surface area contributed by atoms with Crippen molar-refractivity contribution in [2.24, 2.45) is 0 Å². The molecule has 1 amide bonds. The highest BCUT2D eigenvalue weighted by Gasteiger charge is 2.11. The molecule has 0 bridgehead atoms. The number of nitrogens with zero attached hydrogens (tertiary/aromatic N) is 3. The molecule has 0 spiro atoms. The molecule has 3 rings (SSSR count). The number of carbonyl (C=O) groups is 1. The number of benzene rings is 2. The molecule has 0 fully saturated rings. The number of halogens is 2. The van der Waals surface area contributed by atoms with Crippen LogP contribution in [0.5, 0.6) is 17.4 Å². The summed E-state index contributed by atoms with van der Waals surface area (Å²) in [7, 11) is 1.54. The van der Waals surface area contributed by atoms with E-state index in [0.29, 0.717) is 17.0 Å². The first kappa shape index (κ1) is 20.8. The number of methoxy groups -OCH3 is 1. The number of hydrogen-bond donors (Lipinski definition) is 1. The fourth-order valence-electron chi connectivity index (χ4n) is 2.37. The van der Waals surface area contributed by atoms with Crippen molar-refractivity contribution in [3.05, 3.63) is 77.0 Å². The van der Waals surface area contributed by atoms with E-state index in [9.17, 15) is 14.4 Å². The minimum Gasteiger partial charge on any atom is -0.497 e. The van der Waals surface area contributed by atoms with E-state index in [4.69, 9.17) is 21.1 Å². The third kappa shape index (κ3) is 5.31. The summed E-state index contributed by atoms with van der Waals surface area (Å²) in [6, 6.07) is 14.9. The van der Waals surface area contributed by atoms with Crippen LogP contribution in [-0.2, 0) is 4.79 Å². The number of carbonyl (C=O) groups excluding carboxylic acids is 1. The van der Waals surface area contributed by atoms with Crippen LogP contribution in [0.15, 0.2) is 60.3 Å². The van der Waals surface area contributed by atoms with Crippen molar-refractivity contribution in [2.75, 3.05) is 12.4 Å². The van der Waals surface area contributed by atoms with E-state index in [1.807, 2.05) is 6.07 Å². The molecule has 1 N–H and O–H groups in total. The summed E-state index contributed by atoms with van der Waals surface area (Å²) < 4.78 is 24.2. The van der Waals surface area contributed by atoms with Gasteiger partial charge in [-0.15, -0.1) is 0 Å². The second-order valence-electron chi connectivity index (χ2n) is 5.82. The Hall–Kier alpha value is -3.96. The van der Waals surface area contributed by atoms with Crippen LogP contribution in [0.1, 0.15) is 5.56 Å². The number of aromatic nitrogens is 2. The van der Waals surface area contributed by atoms with Gasteiger partial charge in [-0.25, -0.2) is 4.98 Å². The fourth-order valence-corrected chi connectivity index (χ4v) is 2.50. The molecular formula is C21H14ClFN4O3. The third-order valence-corrected chi connectivity index (χ3v) is 3.96. The zero-order chi connectivity index (χ0) is 21.5. The normalized spacial score (nSPS) is 10.8. The maximum absolute atomic E-state index is 13.8. The summed E-state index contributed by atoms with van der Waals surface area (Å²) in [6.07, 6.45) is 2.28. The van der Waals surface area contributed by atoms with Gasteiger partial charge in [0.1, 0.15) is 23.1 Å². The maximum atomic E-state index is 13.8. The van der Waals surface area contributed by atoms with Gasteiger partial charge < -0.3 is 14.8 Å². The SMILES string of the molecule is COc1ccc(NC(=O)/C(C#N)=C/c2cccc(Oc3nc(Cl)ncc3F)c2)cc1. The van der Waals surface area contributed by atoms with Gasteiger partial charge in [-0.1, -0.05) is 12.1 Å². The van der Waals surface area contributed by atoms with E-state index in [1.165, 1.54) is 19.3 Å². The van der Waals surface area contributed by atoms with Crippen molar-refractivity contribution in [2.45, 2.75) is 0 Å². The predicted octanol–water partition coefficient (Wildman–Crippen LogP) is 4.62. The summed E-state index contributed by atoms with van der Waals surface area (Å²) in [6.45, 7) is 0. The molecule has 0 aliphatic rings. The van der Waals surface area contributed by atoms with Crippen LogP contribution in [0, 0.1) is 17.1 Å². The van der Waals surface area contributed by atoms with Crippen molar-refractivity contribution < 1.29 is 18.7 Å². The topological polar surface area (TPSA) is 97.1 Å². The van der Waals surface area contributed by atoms with E-state index < -0.39 is 11.7 Å². The molecule has 0 atom stereocenters. The molecule has 3 aromatic rings. The van der Waals surface area contributed by atoms with Gasteiger partial charge in [0, 0.05) is 5.69 Å². The lowest BCUT2D eigenvalue weighted by Gasteiger charge is -2.07. The van der Waals surface area contributed by atoms with Gasteiger partial charge in [-0.3, -0.25) is 4.79 Å². The van der Waals surface area contributed by atoms with E-state index >= 15 is 0 Å². The Morgan fingerprint density at radius 2 is 2.00 bits per heavy atom. The van der Waals surface area contributed by atoms with Crippen LogP contribution in [0.25, 0.3) is 6.08 Å². The second kappa shape index (κ2) is 9.49.